The fourth-order valence-electron chi connectivity index (χ4n) is 2.63. The van der Waals surface area contributed by atoms with Gasteiger partial charge in [0.2, 0.25) is 0 Å². The maximum Gasteiger partial charge on any atom is 0.0398 e. The van der Waals surface area contributed by atoms with Crippen molar-refractivity contribution in [3.63, 3.8) is 0 Å². The Balaban J connectivity index is 2.26. The van der Waals surface area contributed by atoms with Gasteiger partial charge in [-0.05, 0) is 50.4 Å². The Morgan fingerprint density at radius 1 is 1.41 bits per heavy atom. The predicted molar refractivity (Wildman–Crippen MR) is 74.7 cm³/mol. The standard InChI is InChI=1S/C15H24N2/c1-4-9-17-10-5-6-14-11-13(12(2)16-3)7-8-15(14)17/h7-8,11-12,16H,4-6,9-10H2,1-3H3. The van der Waals surface area contributed by atoms with Gasteiger partial charge in [0.1, 0.15) is 0 Å². The Morgan fingerprint density at radius 2 is 2.24 bits per heavy atom. The lowest BCUT2D eigenvalue weighted by molar-refractivity contribution is 0.644. The number of nitrogens with one attached hydrogen (secondary N) is 1. The molecule has 94 valence electrons. The summed E-state index contributed by atoms with van der Waals surface area (Å²) in [6.07, 6.45) is 3.76. The van der Waals surface area contributed by atoms with Crippen LogP contribution < -0.4 is 10.2 Å². The van der Waals surface area contributed by atoms with Gasteiger partial charge < -0.3 is 10.2 Å². The van der Waals surface area contributed by atoms with Crippen LogP contribution in [-0.2, 0) is 6.42 Å². The van der Waals surface area contributed by atoms with Crippen LogP contribution in [0, 0.1) is 0 Å². The van der Waals surface area contributed by atoms with Gasteiger partial charge in [-0.2, -0.15) is 0 Å². The van der Waals surface area contributed by atoms with Crippen LogP contribution in [0.5, 0.6) is 0 Å². The minimum Gasteiger partial charge on any atom is -0.371 e. The smallest absolute Gasteiger partial charge is 0.0398 e. The van der Waals surface area contributed by atoms with Gasteiger partial charge in [-0.25, -0.2) is 0 Å². The molecule has 17 heavy (non-hydrogen) atoms. The molecule has 0 spiro atoms. The van der Waals surface area contributed by atoms with E-state index in [1.165, 1.54) is 49.2 Å². The molecule has 1 aliphatic heterocycles. The molecule has 0 saturated carbocycles. The fourth-order valence-corrected chi connectivity index (χ4v) is 2.63. The van der Waals surface area contributed by atoms with Crippen molar-refractivity contribution < 1.29 is 0 Å². The first-order valence-corrected chi connectivity index (χ1v) is 6.81. The average Bonchev–Trinajstić information content (AvgIpc) is 2.38. The lowest BCUT2D eigenvalue weighted by atomic mass is 9.97. The number of hydrogen-bond acceptors (Lipinski definition) is 2. The molecule has 2 heteroatoms. The van der Waals surface area contributed by atoms with Crippen LogP contribution in [0.2, 0.25) is 0 Å². The first-order valence-electron chi connectivity index (χ1n) is 6.81. The number of aryl methyl sites for hydroxylation is 1. The zero-order chi connectivity index (χ0) is 12.3. The summed E-state index contributed by atoms with van der Waals surface area (Å²) >= 11 is 0. The van der Waals surface area contributed by atoms with Crippen molar-refractivity contribution in [1.29, 1.82) is 0 Å². The SMILES string of the molecule is CCCN1CCCc2cc(C(C)NC)ccc21. The van der Waals surface area contributed by atoms with E-state index in [2.05, 4.69) is 42.3 Å². The number of nitrogens with zero attached hydrogens (tertiary/aromatic N) is 1. The molecule has 2 nitrogen and oxygen atoms in total. The Labute approximate surface area is 105 Å². The van der Waals surface area contributed by atoms with Gasteiger partial charge in [0.25, 0.3) is 0 Å². The van der Waals surface area contributed by atoms with Crippen LogP contribution in [0.15, 0.2) is 18.2 Å². The summed E-state index contributed by atoms with van der Waals surface area (Å²) in [5.74, 6) is 0. The third-order valence-electron chi connectivity index (χ3n) is 3.74. The first-order chi connectivity index (χ1) is 8.26. The monoisotopic (exact) mass is 232 g/mol. The molecule has 1 atom stereocenters. The number of hydrogen-bond donors (Lipinski definition) is 1. The van der Waals surface area contributed by atoms with Gasteiger partial charge in [0, 0.05) is 24.8 Å². The molecule has 0 amide bonds. The summed E-state index contributed by atoms with van der Waals surface area (Å²) in [4.78, 5) is 2.53. The van der Waals surface area contributed by atoms with E-state index in [-0.39, 0.29) is 0 Å². The van der Waals surface area contributed by atoms with Crippen LogP contribution in [0.25, 0.3) is 0 Å². The van der Waals surface area contributed by atoms with E-state index in [0.29, 0.717) is 6.04 Å². The lowest BCUT2D eigenvalue weighted by Gasteiger charge is -2.31. The van der Waals surface area contributed by atoms with Gasteiger partial charge in [-0.15, -0.1) is 0 Å². The van der Waals surface area contributed by atoms with Gasteiger partial charge >= 0.3 is 0 Å². The first kappa shape index (κ1) is 12.4. The number of benzene rings is 1. The maximum absolute atomic E-state index is 3.31. The van der Waals surface area contributed by atoms with Crippen molar-refractivity contribution in [2.24, 2.45) is 0 Å². The fraction of sp³-hybridized carbons (Fsp3) is 0.600. The van der Waals surface area contributed by atoms with Gasteiger partial charge in [0.15, 0.2) is 0 Å². The summed E-state index contributed by atoms with van der Waals surface area (Å²) in [6, 6.07) is 7.42. The summed E-state index contributed by atoms with van der Waals surface area (Å²) in [5, 5.41) is 3.31. The Morgan fingerprint density at radius 3 is 2.94 bits per heavy atom. The highest BCUT2D eigenvalue weighted by Crippen LogP contribution is 2.29. The Bertz CT molecular complexity index is 373. The normalized spacial score (nSPS) is 16.8. The van der Waals surface area contributed by atoms with Gasteiger partial charge in [0.05, 0.1) is 0 Å². The molecular weight excluding hydrogens is 208 g/mol. The highest BCUT2D eigenvalue weighted by atomic mass is 15.1. The highest BCUT2D eigenvalue weighted by Gasteiger charge is 2.17. The molecule has 0 aliphatic carbocycles. The quantitative estimate of drug-likeness (QED) is 0.858. The van der Waals surface area contributed by atoms with Crippen molar-refractivity contribution in [2.45, 2.75) is 39.2 Å². The molecule has 0 bridgehead atoms. The number of fused-ring (bicyclic) bond motifs is 1. The van der Waals surface area contributed by atoms with Gasteiger partial charge in [-0.1, -0.05) is 19.1 Å². The third kappa shape index (κ3) is 2.63. The molecule has 1 aliphatic rings. The van der Waals surface area contributed by atoms with Crippen molar-refractivity contribution in [3.05, 3.63) is 29.3 Å². The predicted octanol–water partition coefficient (Wildman–Crippen LogP) is 3.13. The highest BCUT2D eigenvalue weighted by molar-refractivity contribution is 5.57. The van der Waals surface area contributed by atoms with Crippen molar-refractivity contribution in [2.75, 3.05) is 25.0 Å². The van der Waals surface area contributed by atoms with Crippen LogP contribution in [0.4, 0.5) is 5.69 Å². The van der Waals surface area contributed by atoms with E-state index in [1.807, 2.05) is 7.05 Å². The molecule has 1 aromatic carbocycles. The second-order valence-corrected chi connectivity index (χ2v) is 4.99. The molecule has 1 aromatic rings. The molecule has 0 fully saturated rings. The van der Waals surface area contributed by atoms with Gasteiger partial charge in [-0.3, -0.25) is 0 Å². The van der Waals surface area contributed by atoms with E-state index >= 15 is 0 Å². The summed E-state index contributed by atoms with van der Waals surface area (Å²) < 4.78 is 0. The summed E-state index contributed by atoms with van der Waals surface area (Å²) in [5.41, 5.74) is 4.40. The van der Waals surface area contributed by atoms with Crippen LogP contribution >= 0.6 is 0 Å². The lowest BCUT2D eigenvalue weighted by Crippen LogP contribution is -2.30. The van der Waals surface area contributed by atoms with Crippen LogP contribution in [-0.4, -0.2) is 20.1 Å². The Hall–Kier alpha value is -1.02. The van der Waals surface area contributed by atoms with E-state index < -0.39 is 0 Å². The van der Waals surface area contributed by atoms with Crippen molar-refractivity contribution in [1.82, 2.24) is 5.32 Å². The molecule has 1 N–H and O–H groups in total. The number of rotatable bonds is 4. The topological polar surface area (TPSA) is 15.3 Å². The molecule has 1 heterocycles. The van der Waals surface area contributed by atoms with Crippen molar-refractivity contribution in [3.8, 4) is 0 Å². The van der Waals surface area contributed by atoms with E-state index in [9.17, 15) is 0 Å². The van der Waals surface area contributed by atoms with E-state index in [1.54, 1.807) is 0 Å². The molecule has 2 rings (SSSR count). The minimum absolute atomic E-state index is 0.446. The minimum atomic E-state index is 0.446. The zero-order valence-corrected chi connectivity index (χ0v) is 11.3. The molecule has 1 unspecified atom stereocenters. The van der Waals surface area contributed by atoms with Crippen LogP contribution in [0.3, 0.4) is 0 Å². The van der Waals surface area contributed by atoms with E-state index in [0.717, 1.165) is 0 Å². The second kappa shape index (κ2) is 5.54. The maximum atomic E-state index is 3.31. The number of anilines is 1. The second-order valence-electron chi connectivity index (χ2n) is 4.99. The molecule has 0 aromatic heterocycles. The van der Waals surface area contributed by atoms with E-state index in [4.69, 9.17) is 0 Å². The molecular formula is C15H24N2. The zero-order valence-electron chi connectivity index (χ0n) is 11.3. The summed E-state index contributed by atoms with van der Waals surface area (Å²) in [6.45, 7) is 6.88. The summed E-state index contributed by atoms with van der Waals surface area (Å²) in [7, 11) is 2.02. The third-order valence-corrected chi connectivity index (χ3v) is 3.74. The van der Waals surface area contributed by atoms with Crippen LogP contribution in [0.1, 0.15) is 43.9 Å². The Kier molecular flexibility index (Phi) is 4.06. The van der Waals surface area contributed by atoms with Crippen molar-refractivity contribution >= 4 is 5.69 Å². The largest absolute Gasteiger partial charge is 0.371 e. The molecule has 0 saturated heterocycles. The molecule has 0 radical (unpaired) electrons. The average molecular weight is 232 g/mol.